The van der Waals surface area contributed by atoms with Gasteiger partial charge in [0.25, 0.3) is 5.56 Å². The van der Waals surface area contributed by atoms with Crippen LogP contribution >= 0.6 is 15.9 Å². The van der Waals surface area contributed by atoms with Crippen molar-refractivity contribution < 1.29 is 0 Å². The van der Waals surface area contributed by atoms with Crippen LogP contribution in [0.4, 0.5) is 0 Å². The largest absolute Gasteiger partial charge is 0.317 e. The molecule has 1 N–H and O–H groups in total. The first kappa shape index (κ1) is 12.5. The Morgan fingerprint density at radius 3 is 2.93 bits per heavy atom. The number of pyridine rings is 1. The Hall–Kier alpha value is -0.610. The molecule has 0 amide bonds. The third-order valence-electron chi connectivity index (χ3n) is 2.20. The van der Waals surface area contributed by atoms with E-state index in [4.69, 9.17) is 0 Å². The van der Waals surface area contributed by atoms with E-state index < -0.39 is 0 Å². The Morgan fingerprint density at radius 1 is 1.53 bits per heavy atom. The highest BCUT2D eigenvalue weighted by molar-refractivity contribution is 9.10. The molecule has 0 radical (unpaired) electrons. The summed E-state index contributed by atoms with van der Waals surface area (Å²) in [5, 5.41) is 3.28. The van der Waals surface area contributed by atoms with E-state index in [9.17, 15) is 4.79 Å². The minimum atomic E-state index is 0.0570. The van der Waals surface area contributed by atoms with Crippen LogP contribution in [0.5, 0.6) is 0 Å². The molecule has 0 spiro atoms. The van der Waals surface area contributed by atoms with E-state index in [2.05, 4.69) is 35.1 Å². The molecule has 0 fully saturated rings. The first-order chi connectivity index (χ1) is 7.13. The lowest BCUT2D eigenvalue weighted by Gasteiger charge is -2.13. The fourth-order valence-electron chi connectivity index (χ4n) is 1.44. The Balaban J connectivity index is 2.63. The summed E-state index contributed by atoms with van der Waals surface area (Å²) >= 11 is 3.36. The van der Waals surface area contributed by atoms with Crippen LogP contribution < -0.4 is 10.9 Å². The second kappa shape index (κ2) is 6.08. The van der Waals surface area contributed by atoms with Crippen LogP contribution in [-0.4, -0.2) is 17.7 Å². The van der Waals surface area contributed by atoms with E-state index in [1.165, 1.54) is 0 Å². The number of hydrogen-bond acceptors (Lipinski definition) is 2. The summed E-state index contributed by atoms with van der Waals surface area (Å²) in [6, 6.07) is 3.36. The van der Waals surface area contributed by atoms with Crippen LogP contribution in [0.25, 0.3) is 0 Å². The van der Waals surface area contributed by atoms with Gasteiger partial charge < -0.3 is 9.88 Å². The molecule has 0 aliphatic heterocycles. The lowest BCUT2D eigenvalue weighted by molar-refractivity contribution is 0.444. The smallest absolute Gasteiger partial charge is 0.250 e. The van der Waals surface area contributed by atoms with Crippen LogP contribution in [-0.2, 0) is 6.54 Å². The number of aromatic nitrogens is 1. The molecule has 3 nitrogen and oxygen atoms in total. The molecular weight excluding hydrogens is 256 g/mol. The van der Waals surface area contributed by atoms with Gasteiger partial charge in [-0.25, -0.2) is 0 Å². The van der Waals surface area contributed by atoms with Crippen LogP contribution in [0.2, 0.25) is 0 Å². The van der Waals surface area contributed by atoms with E-state index >= 15 is 0 Å². The second-order valence-electron chi connectivity index (χ2n) is 3.75. The summed E-state index contributed by atoms with van der Waals surface area (Å²) in [4.78, 5) is 11.5. The minimum absolute atomic E-state index is 0.0570. The molecule has 0 aliphatic carbocycles. The van der Waals surface area contributed by atoms with Gasteiger partial charge >= 0.3 is 0 Å². The van der Waals surface area contributed by atoms with Crippen molar-refractivity contribution in [2.45, 2.75) is 20.4 Å². The Bertz CT molecular complexity index is 362. The molecular formula is C11H17BrN2O. The Morgan fingerprint density at radius 2 is 2.27 bits per heavy atom. The monoisotopic (exact) mass is 272 g/mol. The number of nitrogens with one attached hydrogen (secondary N) is 1. The summed E-state index contributed by atoms with van der Waals surface area (Å²) in [6.07, 6.45) is 1.84. The normalized spacial score (nSPS) is 12.7. The summed E-state index contributed by atoms with van der Waals surface area (Å²) in [6.45, 7) is 6.88. The molecule has 0 bridgehead atoms. The maximum atomic E-state index is 11.5. The molecule has 1 rings (SSSR count). The molecule has 1 atom stereocenters. The first-order valence-electron chi connectivity index (χ1n) is 5.20. The molecule has 4 heteroatoms. The van der Waals surface area contributed by atoms with Crippen molar-refractivity contribution in [2.75, 3.05) is 13.1 Å². The van der Waals surface area contributed by atoms with Gasteiger partial charge in [-0.3, -0.25) is 4.79 Å². The Labute approximate surface area is 98.6 Å². The van der Waals surface area contributed by atoms with E-state index in [1.807, 2.05) is 6.20 Å². The van der Waals surface area contributed by atoms with Crippen molar-refractivity contribution in [1.29, 1.82) is 0 Å². The number of nitrogens with zero attached hydrogens (tertiary/aromatic N) is 1. The molecule has 84 valence electrons. The number of halogens is 1. The summed E-state index contributed by atoms with van der Waals surface area (Å²) in [7, 11) is 0. The van der Waals surface area contributed by atoms with E-state index in [-0.39, 0.29) is 5.56 Å². The highest BCUT2D eigenvalue weighted by atomic mass is 79.9. The number of rotatable bonds is 5. The van der Waals surface area contributed by atoms with Crippen molar-refractivity contribution in [3.63, 3.8) is 0 Å². The summed E-state index contributed by atoms with van der Waals surface area (Å²) in [5.41, 5.74) is 0.0570. The Kier molecular flexibility index (Phi) is 5.05. The van der Waals surface area contributed by atoms with Crippen LogP contribution in [0.15, 0.2) is 27.6 Å². The topological polar surface area (TPSA) is 34.0 Å². The zero-order valence-corrected chi connectivity index (χ0v) is 10.8. The summed E-state index contributed by atoms with van der Waals surface area (Å²) < 4.78 is 2.68. The van der Waals surface area contributed by atoms with Gasteiger partial charge in [0.1, 0.15) is 0 Å². The zero-order chi connectivity index (χ0) is 11.3. The maximum Gasteiger partial charge on any atom is 0.250 e. The predicted octanol–water partition coefficient (Wildman–Crippen LogP) is 1.86. The van der Waals surface area contributed by atoms with Gasteiger partial charge in [0.15, 0.2) is 0 Å². The minimum Gasteiger partial charge on any atom is -0.317 e. The third-order valence-corrected chi connectivity index (χ3v) is 2.67. The van der Waals surface area contributed by atoms with Crippen LogP contribution in [0.3, 0.4) is 0 Å². The van der Waals surface area contributed by atoms with Crippen molar-refractivity contribution in [3.8, 4) is 0 Å². The SMILES string of the molecule is CCNCC(C)Cn1cc(Br)ccc1=O. The standard InChI is InChI=1S/C11H17BrN2O/c1-3-13-6-9(2)7-14-8-10(12)4-5-11(14)15/h4-5,8-9,13H,3,6-7H2,1-2H3. The second-order valence-corrected chi connectivity index (χ2v) is 4.67. The zero-order valence-electron chi connectivity index (χ0n) is 9.16. The van der Waals surface area contributed by atoms with Gasteiger partial charge in [0.05, 0.1) is 0 Å². The average Bonchev–Trinajstić information content (AvgIpc) is 2.20. The van der Waals surface area contributed by atoms with E-state index in [0.29, 0.717) is 5.92 Å². The predicted molar refractivity (Wildman–Crippen MR) is 66.1 cm³/mol. The van der Waals surface area contributed by atoms with Gasteiger partial charge in [-0.1, -0.05) is 13.8 Å². The van der Waals surface area contributed by atoms with Crippen molar-refractivity contribution in [1.82, 2.24) is 9.88 Å². The fraction of sp³-hybridized carbons (Fsp3) is 0.545. The van der Waals surface area contributed by atoms with Gasteiger partial charge in [-0.2, -0.15) is 0 Å². The number of hydrogen-bond donors (Lipinski definition) is 1. The molecule has 15 heavy (non-hydrogen) atoms. The van der Waals surface area contributed by atoms with Crippen molar-refractivity contribution >= 4 is 15.9 Å². The van der Waals surface area contributed by atoms with Gasteiger partial charge in [-0.05, 0) is 41.0 Å². The maximum absolute atomic E-state index is 11.5. The van der Waals surface area contributed by atoms with E-state index in [1.54, 1.807) is 16.7 Å². The molecule has 1 aromatic rings. The quantitative estimate of drug-likeness (QED) is 0.888. The highest BCUT2D eigenvalue weighted by Crippen LogP contribution is 2.06. The van der Waals surface area contributed by atoms with Crippen LogP contribution in [0.1, 0.15) is 13.8 Å². The molecule has 1 heterocycles. The lowest BCUT2D eigenvalue weighted by atomic mass is 10.2. The highest BCUT2D eigenvalue weighted by Gasteiger charge is 2.04. The summed E-state index contributed by atoms with van der Waals surface area (Å²) in [5.74, 6) is 0.456. The molecule has 0 saturated heterocycles. The fourth-order valence-corrected chi connectivity index (χ4v) is 1.82. The molecule has 0 aromatic carbocycles. The van der Waals surface area contributed by atoms with Gasteiger partial charge in [0, 0.05) is 23.3 Å². The van der Waals surface area contributed by atoms with E-state index in [0.717, 1.165) is 24.1 Å². The molecule has 1 unspecified atom stereocenters. The lowest BCUT2D eigenvalue weighted by Crippen LogP contribution is -2.28. The van der Waals surface area contributed by atoms with Gasteiger partial charge in [-0.15, -0.1) is 0 Å². The average molecular weight is 273 g/mol. The molecule has 0 aliphatic rings. The van der Waals surface area contributed by atoms with Crippen molar-refractivity contribution in [3.05, 3.63) is 33.2 Å². The van der Waals surface area contributed by atoms with Crippen molar-refractivity contribution in [2.24, 2.45) is 5.92 Å². The first-order valence-corrected chi connectivity index (χ1v) is 5.99. The van der Waals surface area contributed by atoms with Gasteiger partial charge in [0.2, 0.25) is 0 Å². The van der Waals surface area contributed by atoms with Crippen LogP contribution in [0, 0.1) is 5.92 Å². The molecule has 0 saturated carbocycles. The third kappa shape index (κ3) is 4.18. The molecule has 1 aromatic heterocycles.